The molecular weight excluding hydrogens is 300 g/mol. The summed E-state index contributed by atoms with van der Waals surface area (Å²) in [5.74, 6) is 2.59. The predicted molar refractivity (Wildman–Crippen MR) is 94.3 cm³/mol. The molecule has 2 aromatic rings. The van der Waals surface area contributed by atoms with Gasteiger partial charge in [0, 0.05) is 6.54 Å². The number of fused-ring (bicyclic) bond motifs is 1. The summed E-state index contributed by atoms with van der Waals surface area (Å²) < 4.78 is 0. The maximum Gasteiger partial charge on any atom is 0.270 e. The van der Waals surface area contributed by atoms with E-state index >= 15 is 0 Å². The molecule has 4 rings (SSSR count). The van der Waals surface area contributed by atoms with Gasteiger partial charge in [0.05, 0.1) is 5.56 Å². The molecule has 0 bridgehead atoms. The van der Waals surface area contributed by atoms with Gasteiger partial charge >= 0.3 is 0 Å². The zero-order valence-corrected chi connectivity index (χ0v) is 13.8. The van der Waals surface area contributed by atoms with E-state index in [4.69, 9.17) is 5.73 Å². The Kier molecular flexibility index (Phi) is 4.00. The van der Waals surface area contributed by atoms with Gasteiger partial charge in [-0.1, -0.05) is 43.2 Å². The Labute approximate surface area is 142 Å². The smallest absolute Gasteiger partial charge is 0.270 e. The number of aromatic nitrogens is 2. The second kappa shape index (κ2) is 6.30. The topological polar surface area (TPSA) is 83.8 Å². The Balaban J connectivity index is 1.47. The minimum Gasteiger partial charge on any atom is -0.382 e. The van der Waals surface area contributed by atoms with Gasteiger partial charge in [-0.05, 0) is 42.6 Å². The third kappa shape index (κ3) is 2.68. The van der Waals surface area contributed by atoms with Gasteiger partial charge in [-0.15, -0.1) is 0 Å². The largest absolute Gasteiger partial charge is 0.382 e. The summed E-state index contributed by atoms with van der Waals surface area (Å²) in [6.45, 7) is 0.757. The highest BCUT2D eigenvalue weighted by atomic mass is 16.1. The van der Waals surface area contributed by atoms with E-state index in [1.165, 1.54) is 32.1 Å². The molecule has 0 radical (unpaired) electrons. The number of hydrogen-bond donors (Lipinski definition) is 3. The van der Waals surface area contributed by atoms with Crippen molar-refractivity contribution in [2.45, 2.75) is 32.1 Å². The summed E-state index contributed by atoms with van der Waals surface area (Å²) >= 11 is 0. The SMILES string of the molecule is Nc1n[nH]c(C(=O)NC[C@H]2CC[C@@H]3CCC[C@@H]32)c1-c1ccccc1. The van der Waals surface area contributed by atoms with Crippen LogP contribution in [-0.2, 0) is 0 Å². The average molecular weight is 324 g/mol. The maximum absolute atomic E-state index is 12.7. The molecule has 1 aromatic heterocycles. The van der Waals surface area contributed by atoms with Crippen molar-refractivity contribution < 1.29 is 4.79 Å². The molecular formula is C19H24N4O. The minimum absolute atomic E-state index is 0.112. The lowest BCUT2D eigenvalue weighted by atomic mass is 9.92. The van der Waals surface area contributed by atoms with Gasteiger partial charge in [0.1, 0.15) is 5.69 Å². The Morgan fingerprint density at radius 3 is 2.88 bits per heavy atom. The summed E-state index contributed by atoms with van der Waals surface area (Å²) in [4.78, 5) is 12.7. The number of rotatable bonds is 4. The zero-order valence-electron chi connectivity index (χ0n) is 13.8. The number of hydrogen-bond acceptors (Lipinski definition) is 3. The first-order valence-corrected chi connectivity index (χ1v) is 8.91. The van der Waals surface area contributed by atoms with Crippen molar-refractivity contribution in [3.8, 4) is 11.1 Å². The molecule has 0 aliphatic heterocycles. The Morgan fingerprint density at radius 2 is 2.04 bits per heavy atom. The van der Waals surface area contributed by atoms with Crippen LogP contribution >= 0.6 is 0 Å². The molecule has 5 nitrogen and oxygen atoms in total. The first-order chi connectivity index (χ1) is 11.7. The Bertz CT molecular complexity index is 724. The molecule has 2 fully saturated rings. The van der Waals surface area contributed by atoms with Crippen LogP contribution in [0, 0.1) is 17.8 Å². The molecule has 126 valence electrons. The predicted octanol–water partition coefficient (Wildman–Crippen LogP) is 3.22. The second-order valence-electron chi connectivity index (χ2n) is 7.13. The highest BCUT2D eigenvalue weighted by Gasteiger charge is 2.38. The van der Waals surface area contributed by atoms with Crippen molar-refractivity contribution in [3.05, 3.63) is 36.0 Å². The first-order valence-electron chi connectivity index (χ1n) is 8.91. The maximum atomic E-state index is 12.7. The normalized spacial score (nSPS) is 25.6. The number of nitrogen functional groups attached to an aromatic ring is 1. The Hall–Kier alpha value is -2.30. The molecule has 24 heavy (non-hydrogen) atoms. The number of nitrogens with zero attached hydrogens (tertiary/aromatic N) is 1. The second-order valence-corrected chi connectivity index (χ2v) is 7.13. The number of nitrogens with one attached hydrogen (secondary N) is 2. The average Bonchev–Trinajstić information content (AvgIpc) is 3.29. The van der Waals surface area contributed by atoms with Crippen molar-refractivity contribution in [3.63, 3.8) is 0 Å². The molecule has 2 aliphatic rings. The van der Waals surface area contributed by atoms with Crippen LogP contribution in [0.1, 0.15) is 42.6 Å². The molecule has 1 amide bonds. The van der Waals surface area contributed by atoms with Crippen molar-refractivity contribution in [2.75, 3.05) is 12.3 Å². The van der Waals surface area contributed by atoms with E-state index in [1.807, 2.05) is 30.3 Å². The fourth-order valence-corrected chi connectivity index (χ4v) is 4.67. The van der Waals surface area contributed by atoms with Crippen LogP contribution in [-0.4, -0.2) is 22.6 Å². The number of H-pyrrole nitrogens is 1. The van der Waals surface area contributed by atoms with E-state index in [-0.39, 0.29) is 5.91 Å². The van der Waals surface area contributed by atoms with Gasteiger partial charge in [-0.3, -0.25) is 9.89 Å². The number of nitrogens with two attached hydrogens (primary N) is 1. The molecule has 2 saturated carbocycles. The van der Waals surface area contributed by atoms with Gasteiger partial charge in [0.2, 0.25) is 0 Å². The summed E-state index contributed by atoms with van der Waals surface area (Å²) in [6.07, 6.45) is 6.64. The zero-order chi connectivity index (χ0) is 16.5. The van der Waals surface area contributed by atoms with Crippen molar-refractivity contribution in [2.24, 2.45) is 17.8 Å². The van der Waals surface area contributed by atoms with E-state index in [0.717, 1.165) is 23.9 Å². The van der Waals surface area contributed by atoms with E-state index in [1.54, 1.807) is 0 Å². The number of aromatic amines is 1. The molecule has 1 heterocycles. The van der Waals surface area contributed by atoms with Crippen LogP contribution < -0.4 is 11.1 Å². The van der Waals surface area contributed by atoms with E-state index in [0.29, 0.717) is 23.0 Å². The van der Waals surface area contributed by atoms with Crippen molar-refractivity contribution >= 4 is 11.7 Å². The van der Waals surface area contributed by atoms with Gasteiger partial charge < -0.3 is 11.1 Å². The van der Waals surface area contributed by atoms with E-state index < -0.39 is 0 Å². The fraction of sp³-hybridized carbons (Fsp3) is 0.474. The number of carbonyl (C=O) groups excluding carboxylic acids is 1. The standard InChI is InChI=1S/C19H24N4O/c20-18-16(13-5-2-1-3-6-13)17(22-23-18)19(24)21-11-14-10-9-12-7-4-8-15(12)14/h1-3,5-6,12,14-15H,4,7-11H2,(H,21,24)(H3,20,22,23)/t12-,14+,15-/m0/s1. The third-order valence-corrected chi connectivity index (χ3v) is 5.84. The molecule has 0 unspecified atom stereocenters. The van der Waals surface area contributed by atoms with E-state index in [2.05, 4.69) is 15.5 Å². The molecule has 0 spiro atoms. The number of anilines is 1. The number of carbonyl (C=O) groups is 1. The van der Waals surface area contributed by atoms with Crippen LogP contribution in [0.25, 0.3) is 11.1 Å². The van der Waals surface area contributed by atoms with Crippen LogP contribution in [0.4, 0.5) is 5.82 Å². The number of amides is 1. The first kappa shape index (κ1) is 15.2. The lowest BCUT2D eigenvalue weighted by molar-refractivity contribution is 0.0939. The molecule has 2 aliphatic carbocycles. The van der Waals surface area contributed by atoms with Crippen LogP contribution in [0.3, 0.4) is 0 Å². The minimum atomic E-state index is -0.112. The molecule has 3 atom stereocenters. The summed E-state index contributed by atoms with van der Waals surface area (Å²) in [6, 6.07) is 9.69. The van der Waals surface area contributed by atoms with Crippen LogP contribution in [0.15, 0.2) is 30.3 Å². The van der Waals surface area contributed by atoms with Gasteiger partial charge in [0.15, 0.2) is 5.82 Å². The van der Waals surface area contributed by atoms with Crippen molar-refractivity contribution in [1.82, 2.24) is 15.5 Å². The van der Waals surface area contributed by atoms with Crippen LogP contribution in [0.2, 0.25) is 0 Å². The molecule has 1 aromatic carbocycles. The van der Waals surface area contributed by atoms with Crippen LogP contribution in [0.5, 0.6) is 0 Å². The lowest BCUT2D eigenvalue weighted by Gasteiger charge is -2.18. The monoisotopic (exact) mass is 324 g/mol. The summed E-state index contributed by atoms with van der Waals surface area (Å²) in [5, 5.41) is 9.96. The summed E-state index contributed by atoms with van der Waals surface area (Å²) in [5.41, 5.74) is 8.04. The molecule has 0 saturated heterocycles. The quantitative estimate of drug-likeness (QED) is 0.807. The Morgan fingerprint density at radius 1 is 1.21 bits per heavy atom. The molecule has 4 N–H and O–H groups in total. The fourth-order valence-electron chi connectivity index (χ4n) is 4.67. The third-order valence-electron chi connectivity index (χ3n) is 5.84. The van der Waals surface area contributed by atoms with E-state index in [9.17, 15) is 4.79 Å². The lowest BCUT2D eigenvalue weighted by Crippen LogP contribution is -2.31. The highest BCUT2D eigenvalue weighted by molar-refractivity contribution is 6.01. The van der Waals surface area contributed by atoms with Gasteiger partial charge in [-0.25, -0.2) is 0 Å². The van der Waals surface area contributed by atoms with Gasteiger partial charge in [0.25, 0.3) is 5.91 Å². The van der Waals surface area contributed by atoms with Crippen molar-refractivity contribution in [1.29, 1.82) is 0 Å². The molecule has 5 heteroatoms. The number of benzene rings is 1. The van der Waals surface area contributed by atoms with Gasteiger partial charge in [-0.2, -0.15) is 5.10 Å². The highest BCUT2D eigenvalue weighted by Crippen LogP contribution is 2.47. The summed E-state index contributed by atoms with van der Waals surface area (Å²) in [7, 11) is 0.